The Kier molecular flexibility index (Phi) is 9.38. The van der Waals surface area contributed by atoms with Crippen molar-refractivity contribution in [2.75, 3.05) is 32.7 Å². The van der Waals surface area contributed by atoms with Gasteiger partial charge in [-0.25, -0.2) is 4.99 Å². The van der Waals surface area contributed by atoms with Gasteiger partial charge < -0.3 is 15.5 Å². The Morgan fingerprint density at radius 1 is 1.36 bits per heavy atom. The molecule has 0 radical (unpaired) electrons. The Labute approximate surface area is 151 Å². The van der Waals surface area contributed by atoms with Gasteiger partial charge in [0.05, 0.1) is 12.2 Å². The van der Waals surface area contributed by atoms with Crippen molar-refractivity contribution in [2.45, 2.75) is 26.8 Å². The molecule has 0 bridgehead atoms. The molecule has 1 unspecified atom stereocenters. The summed E-state index contributed by atoms with van der Waals surface area (Å²) in [6.45, 7) is 10.4. The summed E-state index contributed by atoms with van der Waals surface area (Å²) in [5.41, 5.74) is 0.993. The lowest BCUT2D eigenvalue weighted by atomic mass is 10.1. The van der Waals surface area contributed by atoms with Gasteiger partial charge in [0.1, 0.15) is 0 Å². The number of nitrogens with one attached hydrogen (secondary N) is 2. The minimum atomic E-state index is 0. The second-order valence-electron chi connectivity index (χ2n) is 5.45. The van der Waals surface area contributed by atoms with Crippen LogP contribution in [0.2, 0.25) is 0 Å². The van der Waals surface area contributed by atoms with Crippen molar-refractivity contribution in [1.82, 2.24) is 20.5 Å². The van der Waals surface area contributed by atoms with Crippen LogP contribution in [0.4, 0.5) is 0 Å². The normalized spacial score (nSPS) is 18.8. The monoisotopic (exact) mass is 417 g/mol. The SMILES string of the molecule is CCNC(=NCc1ccccn1)NCC1CCN(CC)C1.I. The Bertz CT molecular complexity index is 437. The highest BCUT2D eigenvalue weighted by atomic mass is 127. The molecular weight excluding hydrogens is 389 g/mol. The van der Waals surface area contributed by atoms with E-state index in [4.69, 9.17) is 0 Å². The number of guanidine groups is 1. The summed E-state index contributed by atoms with van der Waals surface area (Å²) in [6.07, 6.45) is 3.09. The van der Waals surface area contributed by atoms with Crippen molar-refractivity contribution in [3.63, 3.8) is 0 Å². The molecule has 1 aliphatic rings. The average molecular weight is 417 g/mol. The molecule has 1 aromatic rings. The molecular formula is C16H28IN5. The second-order valence-corrected chi connectivity index (χ2v) is 5.45. The van der Waals surface area contributed by atoms with E-state index in [2.05, 4.69) is 39.4 Å². The number of halogens is 1. The maximum absolute atomic E-state index is 4.60. The molecule has 0 amide bonds. The first-order valence-electron chi connectivity index (χ1n) is 7.96. The molecule has 2 heterocycles. The van der Waals surface area contributed by atoms with E-state index in [1.165, 1.54) is 19.5 Å². The van der Waals surface area contributed by atoms with Crippen LogP contribution in [0.3, 0.4) is 0 Å². The zero-order valence-corrected chi connectivity index (χ0v) is 15.9. The summed E-state index contributed by atoms with van der Waals surface area (Å²) in [7, 11) is 0. The average Bonchev–Trinajstić information content (AvgIpc) is 2.99. The van der Waals surface area contributed by atoms with E-state index in [1.54, 1.807) is 0 Å². The number of hydrogen-bond acceptors (Lipinski definition) is 3. The summed E-state index contributed by atoms with van der Waals surface area (Å²) in [5.74, 6) is 1.61. The van der Waals surface area contributed by atoms with Crippen LogP contribution in [0.25, 0.3) is 0 Å². The van der Waals surface area contributed by atoms with Crippen LogP contribution in [-0.4, -0.2) is 48.6 Å². The Morgan fingerprint density at radius 2 is 2.23 bits per heavy atom. The molecule has 0 aromatic carbocycles. The third kappa shape index (κ3) is 6.48. The van der Waals surface area contributed by atoms with E-state index >= 15 is 0 Å². The zero-order valence-electron chi connectivity index (χ0n) is 13.6. The van der Waals surface area contributed by atoms with Gasteiger partial charge in [0.15, 0.2) is 5.96 Å². The lowest BCUT2D eigenvalue weighted by molar-refractivity contribution is 0.342. The first-order valence-corrected chi connectivity index (χ1v) is 7.96. The fourth-order valence-electron chi connectivity index (χ4n) is 2.60. The molecule has 0 aliphatic carbocycles. The molecule has 6 heteroatoms. The first-order chi connectivity index (χ1) is 10.3. The van der Waals surface area contributed by atoms with Crippen molar-refractivity contribution in [3.05, 3.63) is 30.1 Å². The summed E-state index contributed by atoms with van der Waals surface area (Å²) >= 11 is 0. The van der Waals surface area contributed by atoms with Crippen molar-refractivity contribution in [2.24, 2.45) is 10.9 Å². The molecule has 124 valence electrons. The van der Waals surface area contributed by atoms with E-state index in [1.807, 2.05) is 24.4 Å². The first kappa shape index (κ1) is 19.2. The molecule has 1 saturated heterocycles. The van der Waals surface area contributed by atoms with Gasteiger partial charge in [-0.2, -0.15) is 0 Å². The Balaban J connectivity index is 0.00000242. The van der Waals surface area contributed by atoms with Crippen molar-refractivity contribution >= 4 is 29.9 Å². The zero-order chi connectivity index (χ0) is 14.9. The second kappa shape index (κ2) is 10.8. The van der Waals surface area contributed by atoms with Crippen molar-refractivity contribution < 1.29 is 0 Å². The molecule has 0 spiro atoms. The molecule has 1 atom stereocenters. The number of aromatic nitrogens is 1. The molecule has 1 aliphatic heterocycles. The number of nitrogens with zero attached hydrogens (tertiary/aromatic N) is 3. The summed E-state index contributed by atoms with van der Waals surface area (Å²) in [5, 5.41) is 6.76. The van der Waals surface area contributed by atoms with Gasteiger partial charge in [-0.3, -0.25) is 4.98 Å². The highest BCUT2D eigenvalue weighted by Gasteiger charge is 2.20. The smallest absolute Gasteiger partial charge is 0.191 e. The Hall–Kier alpha value is -0.890. The highest BCUT2D eigenvalue weighted by Crippen LogP contribution is 2.14. The van der Waals surface area contributed by atoms with E-state index in [-0.39, 0.29) is 24.0 Å². The predicted molar refractivity (Wildman–Crippen MR) is 103 cm³/mol. The molecule has 2 rings (SSSR count). The third-order valence-corrected chi connectivity index (χ3v) is 3.84. The predicted octanol–water partition coefficient (Wildman–Crippen LogP) is 2.10. The van der Waals surface area contributed by atoms with Gasteiger partial charge in [0, 0.05) is 25.8 Å². The quantitative estimate of drug-likeness (QED) is 0.423. The largest absolute Gasteiger partial charge is 0.357 e. The molecule has 1 aromatic heterocycles. The van der Waals surface area contributed by atoms with Crippen LogP contribution in [0, 0.1) is 5.92 Å². The van der Waals surface area contributed by atoms with Crippen molar-refractivity contribution in [3.8, 4) is 0 Å². The highest BCUT2D eigenvalue weighted by molar-refractivity contribution is 14.0. The van der Waals surface area contributed by atoms with Gasteiger partial charge in [-0.15, -0.1) is 24.0 Å². The van der Waals surface area contributed by atoms with Crippen LogP contribution in [-0.2, 0) is 6.54 Å². The number of rotatable bonds is 6. The van der Waals surface area contributed by atoms with Gasteiger partial charge in [0.2, 0.25) is 0 Å². The minimum Gasteiger partial charge on any atom is -0.357 e. The van der Waals surface area contributed by atoms with Gasteiger partial charge in [0.25, 0.3) is 0 Å². The minimum absolute atomic E-state index is 0. The topological polar surface area (TPSA) is 52.6 Å². The fourth-order valence-corrected chi connectivity index (χ4v) is 2.60. The molecule has 0 saturated carbocycles. The lowest BCUT2D eigenvalue weighted by Crippen LogP contribution is -2.40. The number of pyridine rings is 1. The lowest BCUT2D eigenvalue weighted by Gasteiger charge is -2.16. The maximum Gasteiger partial charge on any atom is 0.191 e. The van der Waals surface area contributed by atoms with E-state index in [0.29, 0.717) is 6.54 Å². The Morgan fingerprint density at radius 3 is 2.86 bits per heavy atom. The summed E-state index contributed by atoms with van der Waals surface area (Å²) in [6, 6.07) is 5.93. The van der Waals surface area contributed by atoms with Crippen LogP contribution in [0.15, 0.2) is 29.4 Å². The van der Waals surface area contributed by atoms with Crippen LogP contribution in [0.5, 0.6) is 0 Å². The molecule has 2 N–H and O–H groups in total. The van der Waals surface area contributed by atoms with Gasteiger partial charge >= 0.3 is 0 Å². The van der Waals surface area contributed by atoms with Crippen molar-refractivity contribution in [1.29, 1.82) is 0 Å². The fraction of sp³-hybridized carbons (Fsp3) is 0.625. The van der Waals surface area contributed by atoms with Gasteiger partial charge in [-0.1, -0.05) is 13.0 Å². The van der Waals surface area contributed by atoms with E-state index < -0.39 is 0 Å². The van der Waals surface area contributed by atoms with Crippen LogP contribution < -0.4 is 10.6 Å². The number of likely N-dealkylation sites (tertiary alicyclic amines) is 1. The maximum atomic E-state index is 4.60. The molecule has 1 fully saturated rings. The molecule has 22 heavy (non-hydrogen) atoms. The number of hydrogen-bond donors (Lipinski definition) is 2. The molecule has 5 nitrogen and oxygen atoms in total. The van der Waals surface area contributed by atoms with E-state index in [9.17, 15) is 0 Å². The summed E-state index contributed by atoms with van der Waals surface area (Å²) < 4.78 is 0. The van der Waals surface area contributed by atoms with Crippen LogP contribution in [0.1, 0.15) is 26.0 Å². The van der Waals surface area contributed by atoms with Crippen LogP contribution >= 0.6 is 24.0 Å². The summed E-state index contributed by atoms with van der Waals surface area (Å²) in [4.78, 5) is 11.4. The third-order valence-electron chi connectivity index (χ3n) is 3.84. The van der Waals surface area contributed by atoms with E-state index in [0.717, 1.165) is 37.2 Å². The standard InChI is InChI=1S/C16H27N5.HI/c1-3-17-16(20-12-15-7-5-6-9-18-15)19-11-14-8-10-21(4-2)13-14;/h5-7,9,14H,3-4,8,10-13H2,1-2H3,(H2,17,19,20);1H. The van der Waals surface area contributed by atoms with Gasteiger partial charge in [-0.05, 0) is 44.5 Å². The number of aliphatic imine (C=N–C) groups is 1.